The third-order valence-electron chi connectivity index (χ3n) is 3.18. The molecule has 0 spiro atoms. The average molecular weight is 301 g/mol. The molecular weight excluding hydrogens is 282 g/mol. The van der Waals surface area contributed by atoms with Crippen LogP contribution in [0.3, 0.4) is 0 Å². The smallest absolute Gasteiger partial charge is 0.174 e. The van der Waals surface area contributed by atoms with E-state index in [1.807, 2.05) is 37.3 Å². The van der Waals surface area contributed by atoms with Gasteiger partial charge in [-0.25, -0.2) is 4.98 Å². The van der Waals surface area contributed by atoms with Crippen molar-refractivity contribution in [1.82, 2.24) is 10.3 Å². The second-order valence-corrected chi connectivity index (χ2v) is 5.86. The quantitative estimate of drug-likeness (QED) is 0.853. The summed E-state index contributed by atoms with van der Waals surface area (Å²) in [5.41, 5.74) is 2.35. The van der Waals surface area contributed by atoms with Crippen molar-refractivity contribution in [2.45, 2.75) is 26.3 Å². The third kappa shape index (κ3) is 4.85. The van der Waals surface area contributed by atoms with Crippen molar-refractivity contribution in [1.29, 1.82) is 5.26 Å². The summed E-state index contributed by atoms with van der Waals surface area (Å²) < 4.78 is 5.24. The zero-order valence-electron chi connectivity index (χ0n) is 12.3. The predicted molar refractivity (Wildman–Crippen MR) is 84.5 cm³/mol. The predicted octanol–water partition coefficient (Wildman–Crippen LogP) is 3.25. The van der Waals surface area contributed by atoms with Crippen molar-refractivity contribution >= 4 is 11.3 Å². The summed E-state index contributed by atoms with van der Waals surface area (Å²) >= 11 is 1.69. The first-order valence-electron chi connectivity index (χ1n) is 6.93. The van der Waals surface area contributed by atoms with Crippen molar-refractivity contribution in [2.75, 3.05) is 13.2 Å². The number of ether oxygens (including phenoxy) is 1. The average Bonchev–Trinajstić information content (AvgIpc) is 2.91. The normalized spacial score (nSPS) is 11.9. The summed E-state index contributed by atoms with van der Waals surface area (Å²) in [7, 11) is 0. The molecule has 0 amide bonds. The number of hydrogen-bond acceptors (Lipinski definition) is 5. The first kappa shape index (κ1) is 15.5. The number of rotatable bonds is 7. The molecule has 1 aromatic carbocycles. The van der Waals surface area contributed by atoms with Gasteiger partial charge in [0.2, 0.25) is 0 Å². The monoisotopic (exact) mass is 301 g/mol. The number of thiazole rings is 1. The SMILES string of the molecule is Cc1nc(CCNC(C)c2ccc(OCC#N)cc2)cs1. The van der Waals surface area contributed by atoms with Crippen molar-refractivity contribution in [3.63, 3.8) is 0 Å². The highest BCUT2D eigenvalue weighted by atomic mass is 32.1. The van der Waals surface area contributed by atoms with Gasteiger partial charge in [-0.05, 0) is 31.5 Å². The van der Waals surface area contributed by atoms with Gasteiger partial charge >= 0.3 is 0 Å². The van der Waals surface area contributed by atoms with Gasteiger partial charge in [0.15, 0.2) is 6.61 Å². The Balaban J connectivity index is 1.80. The van der Waals surface area contributed by atoms with Crippen molar-refractivity contribution in [2.24, 2.45) is 0 Å². The molecule has 2 rings (SSSR count). The molecule has 21 heavy (non-hydrogen) atoms. The van der Waals surface area contributed by atoms with Gasteiger partial charge in [-0.15, -0.1) is 11.3 Å². The lowest BCUT2D eigenvalue weighted by atomic mass is 10.1. The molecule has 0 saturated heterocycles. The number of benzene rings is 1. The second kappa shape index (κ2) is 7.77. The minimum Gasteiger partial charge on any atom is -0.479 e. The highest BCUT2D eigenvalue weighted by molar-refractivity contribution is 7.09. The fraction of sp³-hybridized carbons (Fsp3) is 0.375. The maximum atomic E-state index is 8.47. The van der Waals surface area contributed by atoms with Crippen LogP contribution in [0, 0.1) is 18.3 Å². The van der Waals surface area contributed by atoms with Crippen LogP contribution >= 0.6 is 11.3 Å². The van der Waals surface area contributed by atoms with Gasteiger partial charge in [-0.2, -0.15) is 5.26 Å². The number of aryl methyl sites for hydroxylation is 1. The van der Waals surface area contributed by atoms with Crippen molar-refractivity contribution in [3.05, 3.63) is 45.9 Å². The minimum absolute atomic E-state index is 0.0835. The third-order valence-corrected chi connectivity index (χ3v) is 4.00. The fourth-order valence-corrected chi connectivity index (χ4v) is 2.67. The second-order valence-electron chi connectivity index (χ2n) is 4.80. The van der Waals surface area contributed by atoms with Crippen molar-refractivity contribution < 1.29 is 4.74 Å². The Morgan fingerprint density at radius 1 is 1.38 bits per heavy atom. The fourth-order valence-electron chi connectivity index (χ4n) is 2.03. The molecule has 0 aliphatic carbocycles. The summed E-state index contributed by atoms with van der Waals surface area (Å²) in [5.74, 6) is 0.727. The summed E-state index contributed by atoms with van der Waals surface area (Å²) in [5, 5.41) is 15.2. The van der Waals surface area contributed by atoms with Gasteiger partial charge in [-0.1, -0.05) is 12.1 Å². The summed E-state index contributed by atoms with van der Waals surface area (Å²) in [6, 6.07) is 10.1. The molecule has 110 valence electrons. The zero-order valence-corrected chi connectivity index (χ0v) is 13.1. The van der Waals surface area contributed by atoms with E-state index in [9.17, 15) is 0 Å². The molecule has 0 aliphatic rings. The topological polar surface area (TPSA) is 57.9 Å². The Hall–Kier alpha value is -1.90. The van der Waals surface area contributed by atoms with Crippen LogP contribution in [0.15, 0.2) is 29.6 Å². The van der Waals surface area contributed by atoms with E-state index >= 15 is 0 Å². The summed E-state index contributed by atoms with van der Waals surface area (Å²) in [6.45, 7) is 5.15. The van der Waals surface area contributed by atoms with E-state index < -0.39 is 0 Å². The number of aromatic nitrogens is 1. The van der Waals surface area contributed by atoms with Crippen LogP contribution in [0.4, 0.5) is 0 Å². The summed E-state index contributed by atoms with van der Waals surface area (Å²) in [6.07, 6.45) is 0.943. The van der Waals surface area contributed by atoms with Crippen LogP contribution in [-0.4, -0.2) is 18.1 Å². The Labute approximate surface area is 129 Å². The number of nitriles is 1. The molecule has 4 nitrogen and oxygen atoms in total. The van der Waals surface area contributed by atoms with Crippen LogP contribution < -0.4 is 10.1 Å². The molecule has 1 N–H and O–H groups in total. The number of nitrogens with one attached hydrogen (secondary N) is 1. The van der Waals surface area contributed by atoms with Gasteiger partial charge in [0.1, 0.15) is 11.8 Å². The lowest BCUT2D eigenvalue weighted by Crippen LogP contribution is -2.21. The first-order valence-corrected chi connectivity index (χ1v) is 7.81. The van der Waals surface area contributed by atoms with Gasteiger partial charge in [-0.3, -0.25) is 0 Å². The Morgan fingerprint density at radius 3 is 2.76 bits per heavy atom. The maximum absolute atomic E-state index is 8.47. The van der Waals surface area contributed by atoms with Gasteiger partial charge in [0.05, 0.1) is 10.7 Å². The van der Waals surface area contributed by atoms with Crippen LogP contribution in [0.25, 0.3) is 0 Å². The van der Waals surface area contributed by atoms with Gasteiger partial charge in [0, 0.05) is 24.4 Å². The van der Waals surface area contributed by atoms with Crippen LogP contribution in [0.2, 0.25) is 0 Å². The highest BCUT2D eigenvalue weighted by Gasteiger charge is 2.05. The molecule has 1 aromatic heterocycles. The largest absolute Gasteiger partial charge is 0.479 e. The van der Waals surface area contributed by atoms with Crippen LogP contribution in [0.5, 0.6) is 5.75 Å². The Kier molecular flexibility index (Phi) is 5.73. The van der Waals surface area contributed by atoms with Gasteiger partial charge < -0.3 is 10.1 Å². The molecule has 5 heteroatoms. The number of hydrogen-bond donors (Lipinski definition) is 1. The Bertz CT molecular complexity index is 601. The molecule has 2 aromatic rings. The van der Waals surface area contributed by atoms with E-state index in [2.05, 4.69) is 22.6 Å². The molecule has 1 heterocycles. The van der Waals surface area contributed by atoms with E-state index in [0.29, 0.717) is 0 Å². The molecular formula is C16H19N3OS. The first-order chi connectivity index (χ1) is 10.2. The van der Waals surface area contributed by atoms with Crippen LogP contribution in [-0.2, 0) is 6.42 Å². The summed E-state index contributed by atoms with van der Waals surface area (Å²) in [4.78, 5) is 4.46. The van der Waals surface area contributed by atoms with Gasteiger partial charge in [0.25, 0.3) is 0 Å². The molecule has 0 radical (unpaired) electrons. The zero-order chi connectivity index (χ0) is 15.1. The lowest BCUT2D eigenvalue weighted by Gasteiger charge is -2.14. The van der Waals surface area contributed by atoms with E-state index in [1.165, 1.54) is 5.56 Å². The lowest BCUT2D eigenvalue weighted by molar-refractivity contribution is 0.368. The van der Waals surface area contributed by atoms with E-state index in [-0.39, 0.29) is 12.6 Å². The highest BCUT2D eigenvalue weighted by Crippen LogP contribution is 2.17. The van der Waals surface area contributed by atoms with E-state index in [4.69, 9.17) is 10.00 Å². The standard InChI is InChI=1S/C16H19N3OS/c1-12(18-9-7-15-11-21-13(2)19-15)14-3-5-16(6-4-14)20-10-8-17/h3-6,11-12,18H,7,9-10H2,1-2H3. The molecule has 0 saturated carbocycles. The molecule has 1 atom stereocenters. The molecule has 0 aliphatic heterocycles. The van der Waals surface area contributed by atoms with E-state index in [0.717, 1.165) is 29.4 Å². The van der Waals surface area contributed by atoms with Crippen molar-refractivity contribution in [3.8, 4) is 11.8 Å². The maximum Gasteiger partial charge on any atom is 0.174 e. The molecule has 0 bridgehead atoms. The molecule has 0 fully saturated rings. The number of nitrogens with zero attached hydrogens (tertiary/aromatic N) is 2. The van der Waals surface area contributed by atoms with Crippen LogP contribution in [0.1, 0.15) is 29.2 Å². The Morgan fingerprint density at radius 2 is 2.14 bits per heavy atom. The minimum atomic E-state index is 0.0835. The molecule has 1 unspecified atom stereocenters. The van der Waals surface area contributed by atoms with E-state index in [1.54, 1.807) is 11.3 Å².